The number of oxime groups is 1. The van der Waals surface area contributed by atoms with Gasteiger partial charge in [-0.2, -0.15) is 0 Å². The van der Waals surface area contributed by atoms with Crippen LogP contribution in [0.3, 0.4) is 0 Å². The van der Waals surface area contributed by atoms with E-state index in [1.165, 1.54) is 0 Å². The van der Waals surface area contributed by atoms with Gasteiger partial charge in [-0.1, -0.05) is 23.7 Å². The Hall–Kier alpha value is -1.27. The number of carbonyl (C=O) groups is 1. The zero-order valence-corrected chi connectivity index (χ0v) is 12.9. The molecule has 1 aromatic carbocycles. The van der Waals surface area contributed by atoms with Gasteiger partial charge in [0.1, 0.15) is 0 Å². The molecule has 0 saturated heterocycles. The Morgan fingerprint density at radius 2 is 2.26 bits per heavy atom. The van der Waals surface area contributed by atoms with Gasteiger partial charge in [-0.05, 0) is 47.5 Å². The van der Waals surface area contributed by atoms with E-state index in [0.717, 1.165) is 0 Å². The molecular weight excluding hydrogens is 334 g/mol. The van der Waals surface area contributed by atoms with Crippen molar-refractivity contribution in [2.75, 3.05) is 0 Å². The molecule has 0 heterocycles. The highest BCUT2D eigenvalue weighted by molar-refractivity contribution is 9.10. The van der Waals surface area contributed by atoms with Gasteiger partial charge in [0.15, 0.2) is 5.84 Å². The van der Waals surface area contributed by atoms with E-state index in [2.05, 4.69) is 26.4 Å². The maximum atomic E-state index is 12.1. The van der Waals surface area contributed by atoms with Crippen molar-refractivity contribution in [3.8, 4) is 0 Å². The Labute approximate surface area is 124 Å². The summed E-state index contributed by atoms with van der Waals surface area (Å²) in [4.78, 5) is 12.1. The van der Waals surface area contributed by atoms with Crippen LogP contribution in [0.1, 0.15) is 30.6 Å². The zero-order chi connectivity index (χ0) is 14.6. The van der Waals surface area contributed by atoms with Crippen molar-refractivity contribution in [1.29, 1.82) is 0 Å². The number of nitrogens with two attached hydrogens (primary N) is 1. The van der Waals surface area contributed by atoms with Crippen LogP contribution in [0, 0.1) is 0 Å². The number of nitrogens with zero attached hydrogens (tertiary/aromatic N) is 1. The first-order chi connectivity index (χ1) is 8.84. The fraction of sp³-hybridized carbons (Fsp3) is 0.333. The molecular formula is C12H15BrClN3O2. The first-order valence-electron chi connectivity index (χ1n) is 5.59. The van der Waals surface area contributed by atoms with Crippen molar-refractivity contribution in [1.82, 2.24) is 5.32 Å². The third-order valence-corrected chi connectivity index (χ3v) is 4.18. The van der Waals surface area contributed by atoms with E-state index in [0.29, 0.717) is 21.5 Å². The van der Waals surface area contributed by atoms with Crippen LogP contribution in [0.15, 0.2) is 27.8 Å². The lowest BCUT2D eigenvalue weighted by molar-refractivity contribution is 0.0925. The molecule has 0 aliphatic heterocycles. The van der Waals surface area contributed by atoms with Gasteiger partial charge in [-0.3, -0.25) is 4.79 Å². The minimum Gasteiger partial charge on any atom is -0.409 e. The third-order valence-electron chi connectivity index (χ3n) is 2.95. The van der Waals surface area contributed by atoms with Crippen LogP contribution in [0.2, 0.25) is 5.02 Å². The van der Waals surface area contributed by atoms with Crippen LogP contribution in [0.25, 0.3) is 0 Å². The van der Waals surface area contributed by atoms with Gasteiger partial charge in [-0.15, -0.1) is 0 Å². The van der Waals surface area contributed by atoms with Crippen molar-refractivity contribution in [3.63, 3.8) is 0 Å². The van der Waals surface area contributed by atoms with Crippen LogP contribution >= 0.6 is 27.5 Å². The lowest BCUT2D eigenvalue weighted by Gasteiger charge is -2.28. The zero-order valence-electron chi connectivity index (χ0n) is 10.6. The summed E-state index contributed by atoms with van der Waals surface area (Å²) < 4.78 is 0.709. The molecule has 0 radical (unpaired) electrons. The van der Waals surface area contributed by atoms with Gasteiger partial charge in [0.2, 0.25) is 0 Å². The molecule has 7 heteroatoms. The Morgan fingerprint density at radius 1 is 1.63 bits per heavy atom. The highest BCUT2D eigenvalue weighted by atomic mass is 79.9. The summed E-state index contributed by atoms with van der Waals surface area (Å²) in [5.41, 5.74) is 5.08. The third kappa shape index (κ3) is 3.61. The quantitative estimate of drug-likeness (QED) is 0.338. The van der Waals surface area contributed by atoms with Gasteiger partial charge in [0, 0.05) is 10.0 Å². The average Bonchev–Trinajstić information content (AvgIpc) is 2.40. The molecule has 0 fully saturated rings. The van der Waals surface area contributed by atoms with Crippen molar-refractivity contribution in [2.24, 2.45) is 10.9 Å². The van der Waals surface area contributed by atoms with E-state index in [4.69, 9.17) is 22.5 Å². The second-order valence-corrected chi connectivity index (χ2v) is 5.52. The van der Waals surface area contributed by atoms with Crippen LogP contribution in [-0.4, -0.2) is 22.5 Å². The number of nitrogens with one attached hydrogen (secondary N) is 1. The summed E-state index contributed by atoms with van der Waals surface area (Å²) >= 11 is 9.19. The second-order valence-electron chi connectivity index (χ2n) is 4.25. The Balaban J connectivity index is 2.98. The van der Waals surface area contributed by atoms with Gasteiger partial charge in [-0.25, -0.2) is 0 Å². The monoisotopic (exact) mass is 347 g/mol. The maximum absolute atomic E-state index is 12.1. The second kappa shape index (κ2) is 6.25. The minimum absolute atomic E-state index is 0.0495. The van der Waals surface area contributed by atoms with Crippen LogP contribution in [-0.2, 0) is 0 Å². The fourth-order valence-corrected chi connectivity index (χ4v) is 1.83. The Kier molecular flexibility index (Phi) is 5.20. The molecule has 0 aromatic heterocycles. The van der Waals surface area contributed by atoms with Gasteiger partial charge in [0.25, 0.3) is 5.91 Å². The minimum atomic E-state index is -0.911. The number of hydrogen-bond acceptors (Lipinski definition) is 3. The topological polar surface area (TPSA) is 87.7 Å². The van der Waals surface area contributed by atoms with E-state index in [1.54, 1.807) is 25.1 Å². The molecule has 0 saturated carbocycles. The van der Waals surface area contributed by atoms with Crippen molar-refractivity contribution in [2.45, 2.75) is 25.8 Å². The molecule has 1 amide bonds. The number of halogens is 2. The lowest BCUT2D eigenvalue weighted by atomic mass is 9.97. The van der Waals surface area contributed by atoms with E-state index >= 15 is 0 Å². The first kappa shape index (κ1) is 15.8. The molecule has 0 aliphatic carbocycles. The number of hydrogen-bond donors (Lipinski definition) is 3. The van der Waals surface area contributed by atoms with E-state index in [1.807, 2.05) is 6.92 Å². The van der Waals surface area contributed by atoms with Gasteiger partial charge >= 0.3 is 0 Å². The number of amidine groups is 1. The maximum Gasteiger partial charge on any atom is 0.252 e. The lowest BCUT2D eigenvalue weighted by Crippen LogP contribution is -2.55. The van der Waals surface area contributed by atoms with E-state index in [-0.39, 0.29) is 11.7 Å². The molecule has 104 valence electrons. The standard InChI is InChI=1S/C12H15BrClN3O2/c1-3-12(2,11(15)17-19)16-10(18)7-4-5-8(13)9(14)6-7/h4-6,19H,3H2,1-2H3,(H2,15,17)(H,16,18). The molecule has 19 heavy (non-hydrogen) atoms. The normalized spacial score (nSPS) is 14.8. The molecule has 1 rings (SSSR count). The van der Waals surface area contributed by atoms with E-state index in [9.17, 15) is 4.79 Å². The summed E-state index contributed by atoms with van der Waals surface area (Å²) in [6, 6.07) is 4.86. The number of amides is 1. The Bertz CT molecular complexity index is 522. The molecule has 4 N–H and O–H groups in total. The van der Waals surface area contributed by atoms with Gasteiger partial charge < -0.3 is 16.3 Å². The van der Waals surface area contributed by atoms with Crippen molar-refractivity contribution >= 4 is 39.3 Å². The fourth-order valence-electron chi connectivity index (χ4n) is 1.40. The summed E-state index contributed by atoms with van der Waals surface area (Å²) in [6.07, 6.45) is 0.485. The van der Waals surface area contributed by atoms with Gasteiger partial charge in [0.05, 0.1) is 10.6 Å². The average molecular weight is 349 g/mol. The molecule has 0 bridgehead atoms. The smallest absolute Gasteiger partial charge is 0.252 e. The number of rotatable bonds is 4. The molecule has 1 aromatic rings. The summed E-state index contributed by atoms with van der Waals surface area (Å²) in [5.74, 6) is -0.392. The highest BCUT2D eigenvalue weighted by Crippen LogP contribution is 2.23. The predicted molar refractivity (Wildman–Crippen MR) is 78.7 cm³/mol. The number of carbonyl (C=O) groups excluding carboxylic acids is 1. The molecule has 0 spiro atoms. The largest absolute Gasteiger partial charge is 0.409 e. The highest BCUT2D eigenvalue weighted by Gasteiger charge is 2.30. The summed E-state index contributed by atoms with van der Waals surface area (Å²) in [7, 11) is 0. The molecule has 1 unspecified atom stereocenters. The molecule has 0 aliphatic rings. The number of benzene rings is 1. The van der Waals surface area contributed by atoms with Crippen molar-refractivity contribution < 1.29 is 10.0 Å². The van der Waals surface area contributed by atoms with Crippen LogP contribution in [0.5, 0.6) is 0 Å². The molecule has 1 atom stereocenters. The van der Waals surface area contributed by atoms with Crippen LogP contribution in [0.4, 0.5) is 0 Å². The van der Waals surface area contributed by atoms with Crippen LogP contribution < -0.4 is 11.1 Å². The van der Waals surface area contributed by atoms with E-state index < -0.39 is 5.54 Å². The SMILES string of the molecule is CCC(C)(NC(=O)c1ccc(Br)c(Cl)c1)/C(N)=N/O. The Morgan fingerprint density at radius 3 is 2.74 bits per heavy atom. The molecule has 5 nitrogen and oxygen atoms in total. The predicted octanol–water partition coefficient (Wildman–Crippen LogP) is 2.75. The summed E-state index contributed by atoms with van der Waals surface area (Å²) in [6.45, 7) is 3.51. The summed E-state index contributed by atoms with van der Waals surface area (Å²) in [5, 5.41) is 14.9. The van der Waals surface area contributed by atoms with Crippen molar-refractivity contribution in [3.05, 3.63) is 33.3 Å². The first-order valence-corrected chi connectivity index (χ1v) is 6.76.